The average Bonchev–Trinajstić information content (AvgIpc) is 3.15. The predicted molar refractivity (Wildman–Crippen MR) is 92.7 cm³/mol. The zero-order valence-corrected chi connectivity index (χ0v) is 14.3. The molecule has 0 spiro atoms. The van der Waals surface area contributed by atoms with Crippen molar-refractivity contribution in [2.75, 3.05) is 6.79 Å². The van der Waals surface area contributed by atoms with Crippen molar-refractivity contribution in [1.82, 2.24) is 10.2 Å². The first-order valence-electron chi connectivity index (χ1n) is 7.73. The minimum Gasteiger partial charge on any atom is -0.467 e. The minimum atomic E-state index is -0.427. The molecule has 2 aromatic carbocycles. The lowest BCUT2D eigenvalue weighted by Gasteiger charge is -2.20. The molecule has 0 saturated carbocycles. The van der Waals surface area contributed by atoms with E-state index in [1.165, 1.54) is 23.9 Å². The largest absolute Gasteiger partial charge is 0.467 e. The van der Waals surface area contributed by atoms with Crippen LogP contribution in [0.3, 0.4) is 0 Å². The van der Waals surface area contributed by atoms with E-state index in [1.54, 1.807) is 0 Å². The van der Waals surface area contributed by atoms with Crippen molar-refractivity contribution in [3.63, 3.8) is 0 Å². The highest BCUT2D eigenvalue weighted by Crippen LogP contribution is 2.36. The number of non-ortho nitro benzene ring substituents is 1. The summed E-state index contributed by atoms with van der Waals surface area (Å²) >= 11 is 1.30. The Labute approximate surface area is 152 Å². The monoisotopic (exact) mass is 371 g/mol. The lowest BCUT2D eigenvalue weighted by molar-refractivity contribution is -0.385. The first kappa shape index (κ1) is 16.6. The number of nitro benzene ring substituents is 1. The number of benzene rings is 2. The van der Waals surface area contributed by atoms with Gasteiger partial charge in [-0.25, -0.2) is 0 Å². The Kier molecular flexibility index (Phi) is 4.55. The standard InChI is InChI=1S/C17H13N3O5S/c21-20(22)14-6-12-8-23-10-24-15(12)13(7-14)9-26-17-19-18-16(25-17)11-4-2-1-3-5-11/h1-7H,8-10H2. The summed E-state index contributed by atoms with van der Waals surface area (Å²) in [7, 11) is 0. The Hall–Kier alpha value is -2.91. The van der Waals surface area contributed by atoms with Crippen LogP contribution in [0.15, 0.2) is 52.1 Å². The third-order valence-corrected chi connectivity index (χ3v) is 4.63. The van der Waals surface area contributed by atoms with Crippen molar-refractivity contribution in [3.05, 3.63) is 63.7 Å². The molecule has 0 atom stereocenters. The maximum atomic E-state index is 11.1. The van der Waals surface area contributed by atoms with Gasteiger partial charge in [-0.1, -0.05) is 30.0 Å². The van der Waals surface area contributed by atoms with Crippen LogP contribution >= 0.6 is 11.8 Å². The second kappa shape index (κ2) is 7.14. The summed E-state index contributed by atoms with van der Waals surface area (Å²) in [5.74, 6) is 1.46. The fourth-order valence-corrected chi connectivity index (χ4v) is 3.33. The number of nitro groups is 1. The van der Waals surface area contributed by atoms with Gasteiger partial charge < -0.3 is 13.9 Å². The van der Waals surface area contributed by atoms with Gasteiger partial charge in [0.25, 0.3) is 10.9 Å². The van der Waals surface area contributed by atoms with Crippen LogP contribution in [0.2, 0.25) is 0 Å². The highest BCUT2D eigenvalue weighted by molar-refractivity contribution is 7.98. The van der Waals surface area contributed by atoms with Crippen LogP contribution in [-0.4, -0.2) is 21.9 Å². The molecular weight excluding hydrogens is 358 g/mol. The molecule has 8 nitrogen and oxygen atoms in total. The molecule has 2 heterocycles. The van der Waals surface area contributed by atoms with Crippen LogP contribution in [0.25, 0.3) is 11.5 Å². The first-order chi connectivity index (χ1) is 12.7. The van der Waals surface area contributed by atoms with Gasteiger partial charge in [0, 0.05) is 34.6 Å². The lowest BCUT2D eigenvalue weighted by Crippen LogP contribution is -2.13. The summed E-state index contributed by atoms with van der Waals surface area (Å²) in [6.45, 7) is 0.411. The lowest BCUT2D eigenvalue weighted by atomic mass is 10.1. The normalized spacial score (nSPS) is 13.1. The van der Waals surface area contributed by atoms with Crippen molar-refractivity contribution in [1.29, 1.82) is 0 Å². The van der Waals surface area contributed by atoms with Crippen LogP contribution in [0.5, 0.6) is 5.75 Å². The van der Waals surface area contributed by atoms with Gasteiger partial charge >= 0.3 is 0 Å². The van der Waals surface area contributed by atoms with E-state index in [9.17, 15) is 10.1 Å². The number of aromatic nitrogens is 2. The second-order valence-electron chi connectivity index (χ2n) is 5.49. The number of hydrogen-bond acceptors (Lipinski definition) is 8. The van der Waals surface area contributed by atoms with E-state index in [4.69, 9.17) is 13.9 Å². The Morgan fingerprint density at radius 1 is 1.19 bits per heavy atom. The van der Waals surface area contributed by atoms with E-state index in [-0.39, 0.29) is 19.1 Å². The number of nitrogens with zero attached hydrogens (tertiary/aromatic N) is 3. The molecule has 1 aliphatic rings. The summed E-state index contributed by atoms with van der Waals surface area (Å²) in [6.07, 6.45) is 0. The second-order valence-corrected chi connectivity index (χ2v) is 6.42. The number of rotatable bonds is 5. The van der Waals surface area contributed by atoms with Crippen molar-refractivity contribution >= 4 is 17.4 Å². The zero-order chi connectivity index (χ0) is 17.9. The van der Waals surface area contributed by atoms with Crippen LogP contribution in [0.1, 0.15) is 11.1 Å². The summed E-state index contributed by atoms with van der Waals surface area (Å²) < 4.78 is 16.4. The van der Waals surface area contributed by atoms with E-state index in [2.05, 4.69) is 10.2 Å². The molecule has 26 heavy (non-hydrogen) atoms. The quantitative estimate of drug-likeness (QED) is 0.379. The van der Waals surface area contributed by atoms with Gasteiger partial charge in [-0.3, -0.25) is 10.1 Å². The molecule has 132 valence electrons. The number of thioether (sulfide) groups is 1. The first-order valence-corrected chi connectivity index (χ1v) is 8.72. The van der Waals surface area contributed by atoms with Crippen LogP contribution in [-0.2, 0) is 17.1 Å². The molecule has 0 aliphatic carbocycles. The smallest absolute Gasteiger partial charge is 0.277 e. The van der Waals surface area contributed by atoms with Gasteiger partial charge in [-0.05, 0) is 12.1 Å². The van der Waals surface area contributed by atoms with Gasteiger partial charge in [-0.2, -0.15) is 0 Å². The van der Waals surface area contributed by atoms with Crippen LogP contribution < -0.4 is 4.74 Å². The third kappa shape index (κ3) is 3.39. The van der Waals surface area contributed by atoms with Crippen LogP contribution in [0.4, 0.5) is 5.69 Å². The van der Waals surface area contributed by atoms with E-state index in [1.807, 2.05) is 30.3 Å². The highest BCUT2D eigenvalue weighted by Gasteiger charge is 2.21. The Bertz CT molecular complexity index is 945. The molecule has 0 N–H and O–H groups in total. The van der Waals surface area contributed by atoms with E-state index >= 15 is 0 Å². The molecule has 0 unspecified atom stereocenters. The molecule has 0 bridgehead atoms. The fraction of sp³-hybridized carbons (Fsp3) is 0.176. The van der Waals surface area contributed by atoms with Gasteiger partial charge in [0.1, 0.15) is 5.75 Å². The van der Waals surface area contributed by atoms with Crippen molar-refractivity contribution < 1.29 is 18.8 Å². The predicted octanol–water partition coefficient (Wildman–Crippen LogP) is 3.80. The van der Waals surface area contributed by atoms with E-state index in [0.717, 1.165) is 5.56 Å². The molecule has 0 fully saturated rings. The molecule has 3 aromatic rings. The van der Waals surface area contributed by atoms with Crippen molar-refractivity contribution in [3.8, 4) is 17.2 Å². The highest BCUT2D eigenvalue weighted by atomic mass is 32.2. The van der Waals surface area contributed by atoms with Gasteiger partial charge in [-0.15, -0.1) is 10.2 Å². The molecular formula is C17H13N3O5S. The summed E-state index contributed by atoms with van der Waals surface area (Å²) in [4.78, 5) is 10.7. The molecule has 0 amide bonds. The summed E-state index contributed by atoms with van der Waals surface area (Å²) in [5, 5.41) is 19.6. The van der Waals surface area contributed by atoms with Crippen molar-refractivity contribution in [2.24, 2.45) is 0 Å². The Morgan fingerprint density at radius 2 is 2.04 bits per heavy atom. The topological polar surface area (TPSA) is 101 Å². The molecule has 0 radical (unpaired) electrons. The van der Waals surface area contributed by atoms with E-state index < -0.39 is 4.92 Å². The Balaban J connectivity index is 1.55. The SMILES string of the molecule is O=[N+]([O-])c1cc2c(c(CSc3nnc(-c4ccccc4)o3)c1)OCOC2. The van der Waals surface area contributed by atoms with Gasteiger partial charge in [0.15, 0.2) is 6.79 Å². The fourth-order valence-electron chi connectivity index (χ4n) is 2.60. The van der Waals surface area contributed by atoms with E-state index in [0.29, 0.717) is 33.7 Å². The van der Waals surface area contributed by atoms with Gasteiger partial charge in [0.2, 0.25) is 5.89 Å². The number of fused-ring (bicyclic) bond motifs is 1. The minimum absolute atomic E-state index is 0.00366. The average molecular weight is 371 g/mol. The van der Waals surface area contributed by atoms with Crippen molar-refractivity contribution in [2.45, 2.75) is 17.6 Å². The summed E-state index contributed by atoms with van der Waals surface area (Å²) in [6, 6.07) is 12.4. The molecule has 1 aromatic heterocycles. The molecule has 0 saturated heterocycles. The Morgan fingerprint density at radius 3 is 2.85 bits per heavy atom. The molecule has 1 aliphatic heterocycles. The third-order valence-electron chi connectivity index (χ3n) is 3.76. The molecule has 4 rings (SSSR count). The number of ether oxygens (including phenoxy) is 2. The maximum Gasteiger partial charge on any atom is 0.277 e. The molecule has 9 heteroatoms. The van der Waals surface area contributed by atoms with Crippen LogP contribution in [0, 0.1) is 10.1 Å². The number of hydrogen-bond donors (Lipinski definition) is 0. The van der Waals surface area contributed by atoms with Gasteiger partial charge in [0.05, 0.1) is 11.5 Å². The summed E-state index contributed by atoms with van der Waals surface area (Å²) in [5.41, 5.74) is 2.20. The maximum absolute atomic E-state index is 11.1. The zero-order valence-electron chi connectivity index (χ0n) is 13.5.